The van der Waals surface area contributed by atoms with Crippen LogP contribution in [0.15, 0.2) is 71.6 Å². The Morgan fingerprint density at radius 2 is 1.72 bits per heavy atom. The number of aryl methyl sites for hydroxylation is 2. The Kier molecular flexibility index (Phi) is 7.14. The lowest BCUT2D eigenvalue weighted by Gasteiger charge is -2.13. The zero-order valence-electron chi connectivity index (χ0n) is 19.7. The molecule has 10 heteroatoms. The van der Waals surface area contributed by atoms with Crippen molar-refractivity contribution >= 4 is 27.5 Å². The van der Waals surface area contributed by atoms with Gasteiger partial charge in [0.15, 0.2) is 11.6 Å². The topological polar surface area (TPSA) is 90.3 Å². The predicted octanol–water partition coefficient (Wildman–Crippen LogP) is 5.14. The first-order valence-corrected chi connectivity index (χ1v) is 12.8. The van der Waals surface area contributed by atoms with Crippen LogP contribution in [0.4, 0.5) is 4.39 Å². The van der Waals surface area contributed by atoms with Gasteiger partial charge in [-0.1, -0.05) is 48.0 Å². The van der Waals surface area contributed by atoms with Gasteiger partial charge in [0.2, 0.25) is 0 Å². The molecule has 0 saturated heterocycles. The second-order valence-electron chi connectivity index (χ2n) is 8.16. The van der Waals surface area contributed by atoms with Gasteiger partial charge in [-0.05, 0) is 60.9 Å². The van der Waals surface area contributed by atoms with Crippen LogP contribution in [0.5, 0.6) is 5.75 Å². The van der Waals surface area contributed by atoms with Gasteiger partial charge < -0.3 is 4.74 Å². The van der Waals surface area contributed by atoms with Gasteiger partial charge in [-0.15, -0.1) is 0 Å². The Bertz CT molecular complexity index is 1530. The summed E-state index contributed by atoms with van der Waals surface area (Å²) in [5.41, 5.74) is 3.25. The third-order valence-electron chi connectivity index (χ3n) is 5.73. The van der Waals surface area contributed by atoms with Crippen molar-refractivity contribution in [1.82, 2.24) is 14.5 Å². The lowest BCUT2D eigenvalue weighted by Crippen LogP contribution is -2.32. The van der Waals surface area contributed by atoms with Gasteiger partial charge in [0.05, 0.1) is 24.2 Å². The van der Waals surface area contributed by atoms with Crippen molar-refractivity contribution in [1.29, 1.82) is 0 Å². The van der Waals surface area contributed by atoms with Crippen LogP contribution in [-0.2, 0) is 16.6 Å². The summed E-state index contributed by atoms with van der Waals surface area (Å²) in [5, 5.41) is 4.64. The van der Waals surface area contributed by atoms with Crippen LogP contribution in [-0.4, -0.2) is 31.2 Å². The Hall–Kier alpha value is -3.69. The number of nitrogens with zero attached hydrogens (tertiary/aromatic N) is 2. The van der Waals surface area contributed by atoms with Crippen LogP contribution in [0, 0.1) is 19.7 Å². The average Bonchev–Trinajstić information content (AvgIpc) is 3.25. The van der Waals surface area contributed by atoms with E-state index in [1.165, 1.54) is 36.1 Å². The maximum Gasteiger partial charge on any atom is 0.283 e. The van der Waals surface area contributed by atoms with Gasteiger partial charge in [0.1, 0.15) is 5.69 Å². The Morgan fingerprint density at radius 3 is 2.36 bits per heavy atom. The molecule has 0 radical (unpaired) electrons. The third kappa shape index (κ3) is 5.12. The molecule has 186 valence electrons. The van der Waals surface area contributed by atoms with E-state index in [9.17, 15) is 17.6 Å². The summed E-state index contributed by atoms with van der Waals surface area (Å²) in [6, 6.07) is 17.3. The largest absolute Gasteiger partial charge is 0.493 e. The van der Waals surface area contributed by atoms with E-state index in [1.54, 1.807) is 18.2 Å². The number of hydrogen-bond donors (Lipinski definition) is 1. The number of carbonyl (C=O) groups excluding carboxylic acids is 1. The van der Waals surface area contributed by atoms with Crippen LogP contribution >= 0.6 is 11.6 Å². The van der Waals surface area contributed by atoms with E-state index in [4.69, 9.17) is 16.3 Å². The zero-order chi connectivity index (χ0) is 26.0. The fourth-order valence-electron chi connectivity index (χ4n) is 3.89. The number of sulfonamides is 1. The summed E-state index contributed by atoms with van der Waals surface area (Å²) < 4.78 is 48.8. The van der Waals surface area contributed by atoms with Crippen molar-refractivity contribution < 1.29 is 22.3 Å². The number of hydrogen-bond acceptors (Lipinski definition) is 5. The number of aromatic nitrogens is 2. The van der Waals surface area contributed by atoms with Crippen LogP contribution in [0.3, 0.4) is 0 Å². The number of rotatable bonds is 7. The van der Waals surface area contributed by atoms with Crippen molar-refractivity contribution in [3.63, 3.8) is 0 Å². The van der Waals surface area contributed by atoms with E-state index in [-0.39, 0.29) is 39.2 Å². The molecule has 0 unspecified atom stereocenters. The van der Waals surface area contributed by atoms with E-state index >= 15 is 0 Å². The SMILES string of the molecule is COc1c(F)cc(Cl)cc1-c1cc(C(=O)NS(=O)(=O)c2ccccc2)n(Cc2c(C)cccc2C)n1. The molecule has 36 heavy (non-hydrogen) atoms. The molecule has 0 bridgehead atoms. The summed E-state index contributed by atoms with van der Waals surface area (Å²) in [6.07, 6.45) is 0. The number of nitrogens with one attached hydrogen (secondary N) is 1. The van der Waals surface area contributed by atoms with Gasteiger partial charge in [0, 0.05) is 10.6 Å². The molecule has 1 heterocycles. The van der Waals surface area contributed by atoms with E-state index in [0.717, 1.165) is 22.8 Å². The number of ether oxygens (including phenoxy) is 1. The molecule has 0 fully saturated rings. The number of amides is 1. The minimum atomic E-state index is -4.14. The highest BCUT2D eigenvalue weighted by molar-refractivity contribution is 7.90. The number of benzene rings is 3. The van der Waals surface area contributed by atoms with Crippen LogP contribution in [0.25, 0.3) is 11.3 Å². The Labute approximate surface area is 213 Å². The second kappa shape index (κ2) is 10.1. The lowest BCUT2D eigenvalue weighted by atomic mass is 10.0. The van der Waals surface area contributed by atoms with Crippen molar-refractivity contribution in [2.75, 3.05) is 7.11 Å². The molecular formula is C26H23ClFN3O4S. The summed E-state index contributed by atoms with van der Waals surface area (Å²) in [5.74, 6) is -1.67. The minimum absolute atomic E-state index is 0.0328. The quantitative estimate of drug-likeness (QED) is 0.359. The first-order valence-electron chi connectivity index (χ1n) is 10.9. The van der Waals surface area contributed by atoms with E-state index in [2.05, 4.69) is 9.82 Å². The molecule has 4 rings (SSSR count). The standard InChI is InChI=1S/C26H23ClFN3O4S/c1-16-8-7-9-17(2)21(16)15-31-24(26(32)30-36(33,34)19-10-5-4-6-11-19)14-23(29-31)20-12-18(27)13-22(28)25(20)35-3/h4-14H,15H2,1-3H3,(H,30,32). The first-order chi connectivity index (χ1) is 17.1. The first kappa shape index (κ1) is 25.4. The van der Waals surface area contributed by atoms with Gasteiger partial charge in [-0.25, -0.2) is 17.5 Å². The lowest BCUT2D eigenvalue weighted by molar-refractivity contribution is 0.0971. The van der Waals surface area contributed by atoms with Crippen molar-refractivity contribution in [2.24, 2.45) is 0 Å². The fraction of sp³-hybridized carbons (Fsp3) is 0.154. The number of methoxy groups -OCH3 is 1. The maximum atomic E-state index is 14.5. The molecule has 0 spiro atoms. The van der Waals surface area contributed by atoms with Crippen LogP contribution < -0.4 is 9.46 Å². The summed E-state index contributed by atoms with van der Waals surface area (Å²) >= 11 is 6.08. The fourth-order valence-corrected chi connectivity index (χ4v) is 5.08. The van der Waals surface area contributed by atoms with E-state index < -0.39 is 21.7 Å². The molecule has 0 aliphatic carbocycles. The van der Waals surface area contributed by atoms with Gasteiger partial charge >= 0.3 is 0 Å². The normalized spacial score (nSPS) is 11.4. The molecule has 4 aromatic rings. The molecule has 0 aliphatic heterocycles. The Morgan fingerprint density at radius 1 is 1.06 bits per heavy atom. The zero-order valence-corrected chi connectivity index (χ0v) is 21.3. The molecule has 7 nitrogen and oxygen atoms in total. The Balaban J connectivity index is 1.83. The monoisotopic (exact) mass is 527 g/mol. The maximum absolute atomic E-state index is 14.5. The minimum Gasteiger partial charge on any atom is -0.493 e. The molecule has 0 atom stereocenters. The predicted molar refractivity (Wildman–Crippen MR) is 135 cm³/mol. The molecule has 3 aromatic carbocycles. The van der Waals surface area contributed by atoms with Gasteiger partial charge in [0.25, 0.3) is 15.9 Å². The third-order valence-corrected chi connectivity index (χ3v) is 7.30. The number of carbonyl (C=O) groups is 1. The van der Waals surface area contributed by atoms with Crippen LogP contribution in [0.2, 0.25) is 5.02 Å². The highest BCUT2D eigenvalue weighted by atomic mass is 35.5. The van der Waals surface area contributed by atoms with E-state index in [1.807, 2.05) is 32.0 Å². The molecule has 1 amide bonds. The average molecular weight is 528 g/mol. The highest BCUT2D eigenvalue weighted by Crippen LogP contribution is 2.35. The van der Waals surface area contributed by atoms with Gasteiger partial charge in [-0.2, -0.15) is 5.10 Å². The van der Waals surface area contributed by atoms with Gasteiger partial charge in [-0.3, -0.25) is 9.48 Å². The molecule has 0 aliphatic rings. The van der Waals surface area contributed by atoms with Crippen LogP contribution in [0.1, 0.15) is 27.2 Å². The molecular weight excluding hydrogens is 505 g/mol. The molecule has 1 aromatic heterocycles. The number of halogens is 2. The second-order valence-corrected chi connectivity index (χ2v) is 10.3. The summed E-state index contributed by atoms with van der Waals surface area (Å²) in [4.78, 5) is 13.2. The molecule has 0 saturated carbocycles. The summed E-state index contributed by atoms with van der Waals surface area (Å²) in [6.45, 7) is 4.04. The summed E-state index contributed by atoms with van der Waals surface area (Å²) in [7, 11) is -2.83. The van der Waals surface area contributed by atoms with E-state index in [0.29, 0.717) is 0 Å². The van der Waals surface area contributed by atoms with Crippen molar-refractivity contribution in [3.05, 3.63) is 100.0 Å². The van der Waals surface area contributed by atoms with Crippen molar-refractivity contribution in [2.45, 2.75) is 25.3 Å². The van der Waals surface area contributed by atoms with Crippen molar-refractivity contribution in [3.8, 4) is 17.0 Å². The highest BCUT2D eigenvalue weighted by Gasteiger charge is 2.25. The smallest absolute Gasteiger partial charge is 0.283 e. The molecule has 1 N–H and O–H groups in total.